The molecule has 2 aromatic rings. The summed E-state index contributed by atoms with van der Waals surface area (Å²) in [6.45, 7) is 0. The molecule has 0 amide bonds. The summed E-state index contributed by atoms with van der Waals surface area (Å²) in [5.74, 6) is 0.365. The molecule has 0 N–H and O–H groups in total. The summed E-state index contributed by atoms with van der Waals surface area (Å²) in [7, 11) is 0. The zero-order chi connectivity index (χ0) is 11.4. The van der Waals surface area contributed by atoms with E-state index in [9.17, 15) is 10.1 Å². The predicted molar refractivity (Wildman–Crippen MR) is 61.2 cm³/mol. The lowest BCUT2D eigenvalue weighted by atomic mass is 10.4. The highest BCUT2D eigenvalue weighted by atomic mass is 32.2. The van der Waals surface area contributed by atoms with Gasteiger partial charge in [-0.25, -0.2) is 4.57 Å². The first-order valence-corrected chi connectivity index (χ1v) is 5.59. The largest absolute Gasteiger partial charge is 0.435 e. The van der Waals surface area contributed by atoms with Crippen molar-refractivity contribution in [3.8, 4) is 0 Å². The molecular weight excluding hydrogens is 226 g/mol. The highest BCUT2D eigenvalue weighted by molar-refractivity contribution is 7.98. The van der Waals surface area contributed by atoms with Crippen LogP contribution in [-0.2, 0) is 5.88 Å². The lowest BCUT2D eigenvalue weighted by Gasteiger charge is -2.01. The van der Waals surface area contributed by atoms with Crippen molar-refractivity contribution in [2.75, 3.05) is 0 Å². The van der Waals surface area contributed by atoms with Gasteiger partial charge in [0.25, 0.3) is 0 Å². The molecule has 6 heteroatoms. The Labute approximate surface area is 96.3 Å². The molecule has 1 aromatic carbocycles. The molecule has 0 atom stereocenters. The maximum atomic E-state index is 10.6. The lowest BCUT2D eigenvalue weighted by molar-refractivity contribution is -0.396. The Balaban J connectivity index is 2.05. The average molecular weight is 235 g/mol. The summed E-state index contributed by atoms with van der Waals surface area (Å²) in [4.78, 5) is 14.9. The Bertz CT molecular complexity index is 484. The molecule has 0 saturated heterocycles. The van der Waals surface area contributed by atoms with Crippen LogP contribution in [0.25, 0.3) is 0 Å². The molecular formula is C10H9N3O2S. The number of aromatic nitrogens is 2. The number of thioether (sulfide) groups is 1. The van der Waals surface area contributed by atoms with E-state index in [0.717, 1.165) is 4.90 Å². The molecule has 0 fully saturated rings. The van der Waals surface area contributed by atoms with Gasteiger partial charge in [-0.15, -0.1) is 0 Å². The van der Waals surface area contributed by atoms with Crippen LogP contribution in [0, 0.1) is 10.1 Å². The van der Waals surface area contributed by atoms with Gasteiger partial charge in [-0.2, -0.15) is 0 Å². The van der Waals surface area contributed by atoms with Crippen molar-refractivity contribution in [1.82, 2.24) is 9.55 Å². The molecule has 0 spiro atoms. The van der Waals surface area contributed by atoms with Crippen molar-refractivity contribution in [2.24, 2.45) is 0 Å². The molecule has 16 heavy (non-hydrogen) atoms. The third-order valence-electron chi connectivity index (χ3n) is 1.97. The van der Waals surface area contributed by atoms with Crippen molar-refractivity contribution in [1.29, 1.82) is 0 Å². The van der Waals surface area contributed by atoms with E-state index in [1.807, 2.05) is 30.3 Å². The molecule has 0 aliphatic carbocycles. The van der Waals surface area contributed by atoms with Gasteiger partial charge in [0.15, 0.2) is 0 Å². The summed E-state index contributed by atoms with van der Waals surface area (Å²) < 4.78 is 1.51. The Kier molecular flexibility index (Phi) is 3.21. The number of nitrogens with zero attached hydrogens (tertiary/aromatic N) is 3. The van der Waals surface area contributed by atoms with Gasteiger partial charge in [0.05, 0.1) is 0 Å². The maximum absolute atomic E-state index is 10.6. The van der Waals surface area contributed by atoms with Crippen molar-refractivity contribution in [3.63, 3.8) is 0 Å². The predicted octanol–water partition coefficient (Wildman–Crippen LogP) is 2.54. The first-order valence-electron chi connectivity index (χ1n) is 4.61. The van der Waals surface area contributed by atoms with Gasteiger partial charge in [-0.05, 0) is 17.1 Å². The van der Waals surface area contributed by atoms with Crippen LogP contribution in [0.2, 0.25) is 0 Å². The molecule has 1 aromatic heterocycles. The second-order valence-corrected chi connectivity index (χ2v) is 4.06. The monoisotopic (exact) mass is 235 g/mol. The number of hydrogen-bond donors (Lipinski definition) is 0. The van der Waals surface area contributed by atoms with E-state index in [1.165, 1.54) is 22.5 Å². The van der Waals surface area contributed by atoms with Crippen molar-refractivity contribution < 1.29 is 4.92 Å². The summed E-state index contributed by atoms with van der Waals surface area (Å²) in [5, 5.41) is 10.6. The topological polar surface area (TPSA) is 61.0 Å². The molecule has 2 rings (SSSR count). The smallest absolute Gasteiger partial charge is 0.390 e. The fourth-order valence-corrected chi connectivity index (χ4v) is 2.07. The molecule has 82 valence electrons. The van der Waals surface area contributed by atoms with Gasteiger partial charge < -0.3 is 10.1 Å². The lowest BCUT2D eigenvalue weighted by Crippen LogP contribution is -2.00. The first kappa shape index (κ1) is 10.7. The van der Waals surface area contributed by atoms with Crippen LogP contribution in [0.1, 0.15) is 0 Å². The van der Waals surface area contributed by atoms with Crippen molar-refractivity contribution >= 4 is 17.7 Å². The van der Waals surface area contributed by atoms with Crippen molar-refractivity contribution in [3.05, 3.63) is 52.8 Å². The van der Waals surface area contributed by atoms with Gasteiger partial charge >= 0.3 is 5.95 Å². The van der Waals surface area contributed by atoms with Crippen LogP contribution < -0.4 is 0 Å². The molecule has 5 nitrogen and oxygen atoms in total. The number of imidazole rings is 1. The minimum atomic E-state index is -0.481. The minimum Gasteiger partial charge on any atom is -0.390 e. The third kappa shape index (κ3) is 2.40. The fourth-order valence-electron chi connectivity index (χ4n) is 1.23. The van der Waals surface area contributed by atoms with Crippen LogP contribution in [0.3, 0.4) is 0 Å². The van der Waals surface area contributed by atoms with Crippen LogP contribution >= 0.6 is 11.8 Å². The number of benzene rings is 1. The highest BCUT2D eigenvalue weighted by Gasteiger charge is 2.13. The quantitative estimate of drug-likeness (QED) is 0.464. The zero-order valence-corrected chi connectivity index (χ0v) is 9.13. The SMILES string of the molecule is O=[N+]([O-])c1nccn1CSc1ccccc1. The Hall–Kier alpha value is -1.82. The van der Waals surface area contributed by atoms with Crippen molar-refractivity contribution in [2.45, 2.75) is 10.8 Å². The summed E-state index contributed by atoms with van der Waals surface area (Å²) in [5.41, 5.74) is 0. The number of hydrogen-bond acceptors (Lipinski definition) is 4. The zero-order valence-electron chi connectivity index (χ0n) is 8.31. The minimum absolute atomic E-state index is 0.122. The molecule has 0 radical (unpaired) electrons. The molecule has 0 aliphatic heterocycles. The third-order valence-corrected chi connectivity index (χ3v) is 2.98. The van der Waals surface area contributed by atoms with Gasteiger partial charge in [-0.1, -0.05) is 34.9 Å². The Morgan fingerprint density at radius 3 is 2.81 bits per heavy atom. The second-order valence-electron chi connectivity index (χ2n) is 3.04. The van der Waals surface area contributed by atoms with Gasteiger partial charge in [0.1, 0.15) is 18.3 Å². The molecule has 0 bridgehead atoms. The van der Waals surface area contributed by atoms with Crippen LogP contribution in [0.4, 0.5) is 5.95 Å². The van der Waals surface area contributed by atoms with E-state index in [2.05, 4.69) is 4.98 Å². The maximum Gasteiger partial charge on any atom is 0.435 e. The van der Waals surface area contributed by atoms with E-state index in [4.69, 9.17) is 0 Å². The average Bonchev–Trinajstić information content (AvgIpc) is 2.76. The van der Waals surface area contributed by atoms with Gasteiger partial charge in [0, 0.05) is 4.90 Å². The van der Waals surface area contributed by atoms with Gasteiger partial charge in [0.2, 0.25) is 0 Å². The molecule has 0 aliphatic rings. The molecule has 0 unspecified atom stereocenters. The molecule has 0 saturated carbocycles. The van der Waals surface area contributed by atoms with Gasteiger partial charge in [-0.3, -0.25) is 0 Å². The van der Waals surface area contributed by atoms with Crippen LogP contribution in [0.5, 0.6) is 0 Å². The van der Waals surface area contributed by atoms with Crippen LogP contribution in [-0.4, -0.2) is 14.5 Å². The van der Waals surface area contributed by atoms with E-state index in [1.54, 1.807) is 6.20 Å². The second kappa shape index (κ2) is 4.80. The number of nitro groups is 1. The Morgan fingerprint density at radius 1 is 1.38 bits per heavy atom. The highest BCUT2D eigenvalue weighted by Crippen LogP contribution is 2.21. The standard InChI is InChI=1S/C10H9N3O2S/c14-13(15)10-11-6-7-12(10)8-16-9-4-2-1-3-5-9/h1-7H,8H2. The molecule has 1 heterocycles. The summed E-state index contributed by atoms with van der Waals surface area (Å²) >= 11 is 1.53. The normalized spacial score (nSPS) is 10.2. The Morgan fingerprint density at radius 2 is 2.12 bits per heavy atom. The number of rotatable bonds is 4. The van der Waals surface area contributed by atoms with E-state index >= 15 is 0 Å². The fraction of sp³-hybridized carbons (Fsp3) is 0.100. The summed E-state index contributed by atoms with van der Waals surface area (Å²) in [6.07, 6.45) is 3.04. The first-order chi connectivity index (χ1) is 7.77. The van der Waals surface area contributed by atoms with E-state index < -0.39 is 4.92 Å². The summed E-state index contributed by atoms with van der Waals surface area (Å²) in [6, 6.07) is 9.74. The van der Waals surface area contributed by atoms with E-state index in [-0.39, 0.29) is 5.95 Å². The van der Waals surface area contributed by atoms with E-state index in [0.29, 0.717) is 5.88 Å². The van der Waals surface area contributed by atoms with Crippen LogP contribution in [0.15, 0.2) is 47.6 Å².